The van der Waals surface area contributed by atoms with Crippen molar-refractivity contribution in [3.05, 3.63) is 54.1 Å². The topological polar surface area (TPSA) is 47.6 Å². The van der Waals surface area contributed by atoms with Gasteiger partial charge in [-0.25, -0.2) is 0 Å². The molecule has 1 amide bonds. The number of nitrogens with one attached hydrogen (secondary N) is 1. The van der Waals surface area contributed by atoms with E-state index in [4.69, 9.17) is 9.47 Å². The van der Waals surface area contributed by atoms with Crippen molar-refractivity contribution in [3.63, 3.8) is 0 Å². The largest absolute Gasteiger partial charge is 0.486 e. The highest BCUT2D eigenvalue weighted by Crippen LogP contribution is 2.32. The van der Waals surface area contributed by atoms with Gasteiger partial charge in [0.05, 0.1) is 11.8 Å². The van der Waals surface area contributed by atoms with Gasteiger partial charge in [0, 0.05) is 4.90 Å². The number of amides is 1. The minimum absolute atomic E-state index is 0.0150. The predicted molar refractivity (Wildman–Crippen MR) is 91.2 cm³/mol. The number of ether oxygens (including phenoxy) is 2. The zero-order chi connectivity index (χ0) is 16.1. The summed E-state index contributed by atoms with van der Waals surface area (Å²) in [7, 11) is 0. The molecule has 1 N–H and O–H groups in total. The summed E-state index contributed by atoms with van der Waals surface area (Å²) in [6, 6.07) is 15.6. The van der Waals surface area contributed by atoms with Crippen molar-refractivity contribution in [2.45, 2.75) is 17.9 Å². The average Bonchev–Trinajstić information content (AvgIpc) is 2.60. The van der Waals surface area contributed by atoms with Gasteiger partial charge in [0.15, 0.2) is 11.5 Å². The lowest BCUT2D eigenvalue weighted by atomic mass is 10.1. The van der Waals surface area contributed by atoms with Crippen molar-refractivity contribution in [1.82, 2.24) is 5.32 Å². The zero-order valence-electron chi connectivity index (χ0n) is 13.0. The molecule has 1 atom stereocenters. The quantitative estimate of drug-likeness (QED) is 0.854. The van der Waals surface area contributed by atoms with Crippen molar-refractivity contribution >= 4 is 17.7 Å². The van der Waals surface area contributed by atoms with Gasteiger partial charge in [0.25, 0.3) is 0 Å². The van der Waals surface area contributed by atoms with E-state index >= 15 is 0 Å². The van der Waals surface area contributed by atoms with Crippen LogP contribution in [-0.4, -0.2) is 24.9 Å². The van der Waals surface area contributed by atoms with Crippen LogP contribution >= 0.6 is 11.8 Å². The average molecular weight is 329 g/mol. The smallest absolute Gasteiger partial charge is 0.230 e. The van der Waals surface area contributed by atoms with E-state index in [-0.39, 0.29) is 11.9 Å². The molecule has 3 rings (SSSR count). The second-order valence-corrected chi connectivity index (χ2v) is 6.34. The highest BCUT2D eigenvalue weighted by Gasteiger charge is 2.15. The fourth-order valence-electron chi connectivity index (χ4n) is 2.36. The van der Waals surface area contributed by atoms with Gasteiger partial charge in [-0.15, -0.1) is 11.8 Å². The Kier molecular flexibility index (Phi) is 5.08. The summed E-state index contributed by atoms with van der Waals surface area (Å²) >= 11 is 1.53. The van der Waals surface area contributed by atoms with Crippen molar-refractivity contribution in [3.8, 4) is 11.5 Å². The Labute approximate surface area is 140 Å². The first-order valence-electron chi connectivity index (χ1n) is 7.59. The van der Waals surface area contributed by atoms with E-state index in [0.29, 0.717) is 19.0 Å². The van der Waals surface area contributed by atoms with Crippen LogP contribution in [0.3, 0.4) is 0 Å². The molecule has 1 aliphatic rings. The molecule has 1 aliphatic heterocycles. The van der Waals surface area contributed by atoms with Gasteiger partial charge in [-0.1, -0.05) is 24.3 Å². The monoisotopic (exact) mass is 329 g/mol. The van der Waals surface area contributed by atoms with Crippen LogP contribution in [0.2, 0.25) is 0 Å². The molecule has 4 nitrogen and oxygen atoms in total. The number of rotatable bonds is 5. The number of carbonyl (C=O) groups excluding carboxylic acids is 1. The first-order valence-corrected chi connectivity index (χ1v) is 8.58. The van der Waals surface area contributed by atoms with E-state index in [2.05, 4.69) is 5.32 Å². The van der Waals surface area contributed by atoms with Gasteiger partial charge < -0.3 is 14.8 Å². The summed E-state index contributed by atoms with van der Waals surface area (Å²) in [4.78, 5) is 13.2. The molecule has 2 aromatic carbocycles. The molecule has 2 aromatic rings. The fourth-order valence-corrected chi connectivity index (χ4v) is 3.09. The van der Waals surface area contributed by atoms with Gasteiger partial charge in [0.2, 0.25) is 5.91 Å². The van der Waals surface area contributed by atoms with Crippen LogP contribution in [0, 0.1) is 0 Å². The number of thioether (sulfide) groups is 1. The predicted octanol–water partition coefficient (Wildman–Crippen LogP) is 3.43. The highest BCUT2D eigenvalue weighted by molar-refractivity contribution is 8.00. The molecule has 0 fully saturated rings. The van der Waals surface area contributed by atoms with Gasteiger partial charge in [-0.2, -0.15) is 0 Å². The molecule has 0 saturated heterocycles. The molecule has 0 aliphatic carbocycles. The highest BCUT2D eigenvalue weighted by atomic mass is 32.2. The van der Waals surface area contributed by atoms with Gasteiger partial charge >= 0.3 is 0 Å². The number of hydrogen-bond donors (Lipinski definition) is 1. The number of carbonyl (C=O) groups is 1. The molecular weight excluding hydrogens is 310 g/mol. The van der Waals surface area contributed by atoms with E-state index in [9.17, 15) is 4.79 Å². The summed E-state index contributed by atoms with van der Waals surface area (Å²) in [5, 5.41) is 3.02. The van der Waals surface area contributed by atoms with Crippen molar-refractivity contribution < 1.29 is 14.3 Å². The Bertz CT molecular complexity index is 675. The molecular formula is C18H19NO3S. The van der Waals surface area contributed by atoms with Crippen LogP contribution in [0.1, 0.15) is 18.5 Å². The standard InChI is InChI=1S/C18H19NO3S/c1-13(14-7-8-16-17(11-14)22-10-9-21-16)19-18(20)12-23-15-5-3-2-4-6-15/h2-8,11,13H,9-10,12H2,1H3,(H,19,20). The maximum Gasteiger partial charge on any atom is 0.230 e. The van der Waals surface area contributed by atoms with Crippen LogP contribution in [0.5, 0.6) is 11.5 Å². The Morgan fingerprint density at radius 2 is 1.87 bits per heavy atom. The zero-order valence-corrected chi connectivity index (χ0v) is 13.8. The van der Waals surface area contributed by atoms with E-state index in [0.717, 1.165) is 22.0 Å². The molecule has 0 aromatic heterocycles. The van der Waals surface area contributed by atoms with Crippen LogP contribution < -0.4 is 14.8 Å². The lowest BCUT2D eigenvalue weighted by molar-refractivity contribution is -0.119. The minimum Gasteiger partial charge on any atom is -0.486 e. The summed E-state index contributed by atoms with van der Waals surface area (Å²) < 4.78 is 11.1. The second kappa shape index (κ2) is 7.42. The lowest BCUT2D eigenvalue weighted by Crippen LogP contribution is -2.28. The van der Waals surface area contributed by atoms with Crippen LogP contribution in [0.25, 0.3) is 0 Å². The SMILES string of the molecule is CC(NC(=O)CSc1ccccc1)c1ccc2c(c1)OCCO2. The van der Waals surface area contributed by atoms with E-state index in [1.165, 1.54) is 11.8 Å². The molecule has 5 heteroatoms. The molecule has 0 saturated carbocycles. The molecule has 0 spiro atoms. The number of fused-ring (bicyclic) bond motifs is 1. The van der Waals surface area contributed by atoms with E-state index < -0.39 is 0 Å². The summed E-state index contributed by atoms with van der Waals surface area (Å²) in [5.74, 6) is 1.92. The Morgan fingerprint density at radius 3 is 2.65 bits per heavy atom. The van der Waals surface area contributed by atoms with Crippen molar-refractivity contribution in [2.75, 3.05) is 19.0 Å². The first kappa shape index (κ1) is 15.7. The lowest BCUT2D eigenvalue weighted by Gasteiger charge is -2.21. The summed E-state index contributed by atoms with van der Waals surface area (Å²) in [6.45, 7) is 3.11. The summed E-state index contributed by atoms with van der Waals surface area (Å²) in [5.41, 5.74) is 1.01. The fraction of sp³-hybridized carbons (Fsp3) is 0.278. The van der Waals surface area contributed by atoms with E-state index in [1.54, 1.807) is 0 Å². The van der Waals surface area contributed by atoms with Crippen LogP contribution in [0.15, 0.2) is 53.4 Å². The second-order valence-electron chi connectivity index (χ2n) is 5.29. The van der Waals surface area contributed by atoms with Gasteiger partial charge in [-0.3, -0.25) is 4.79 Å². The van der Waals surface area contributed by atoms with Crippen molar-refractivity contribution in [1.29, 1.82) is 0 Å². The molecule has 1 unspecified atom stereocenters. The molecule has 120 valence electrons. The minimum atomic E-state index is -0.0744. The Balaban J connectivity index is 1.56. The third-order valence-corrected chi connectivity index (χ3v) is 4.57. The molecule has 0 radical (unpaired) electrons. The first-order chi connectivity index (χ1) is 11.2. The number of benzene rings is 2. The Morgan fingerprint density at radius 1 is 1.13 bits per heavy atom. The molecule has 1 heterocycles. The van der Waals surface area contributed by atoms with Gasteiger partial charge in [0.1, 0.15) is 13.2 Å². The van der Waals surface area contributed by atoms with Crippen LogP contribution in [-0.2, 0) is 4.79 Å². The molecule has 0 bridgehead atoms. The maximum atomic E-state index is 12.1. The normalized spacial score (nSPS) is 14.1. The third kappa shape index (κ3) is 4.20. The van der Waals surface area contributed by atoms with Crippen molar-refractivity contribution in [2.24, 2.45) is 0 Å². The Hall–Kier alpha value is -2.14. The summed E-state index contributed by atoms with van der Waals surface area (Å²) in [6.07, 6.45) is 0. The number of hydrogen-bond acceptors (Lipinski definition) is 4. The van der Waals surface area contributed by atoms with E-state index in [1.807, 2.05) is 55.5 Å². The van der Waals surface area contributed by atoms with Gasteiger partial charge in [-0.05, 0) is 36.8 Å². The maximum absolute atomic E-state index is 12.1. The van der Waals surface area contributed by atoms with Crippen LogP contribution in [0.4, 0.5) is 0 Å². The third-order valence-electron chi connectivity index (χ3n) is 3.56. The molecule has 23 heavy (non-hydrogen) atoms.